The van der Waals surface area contributed by atoms with Gasteiger partial charge in [0.2, 0.25) is 0 Å². The molecular formula is C22H28N2O3. The lowest BCUT2D eigenvalue weighted by Crippen LogP contribution is -2.49. The Bertz CT molecular complexity index is 727. The molecule has 1 atom stereocenters. The Hall–Kier alpha value is -2.37. The standard InChI is InChI=1S/C22H28N2O3/c1-2-22(26)18-7-6-10-21(15-18)27-17-20(25)16-23-11-13-24(14-12-23)19-8-4-3-5-9-19/h3-10,15,20,25H,2,11-14,16-17H2,1H3. The minimum atomic E-state index is -0.557. The molecule has 3 rings (SSSR count). The first-order chi connectivity index (χ1) is 13.2. The van der Waals surface area contributed by atoms with Crippen molar-refractivity contribution in [3.05, 3.63) is 60.2 Å². The molecule has 2 aromatic carbocycles. The first-order valence-electron chi connectivity index (χ1n) is 9.62. The van der Waals surface area contributed by atoms with Crippen molar-refractivity contribution >= 4 is 11.5 Å². The number of nitrogens with zero attached hydrogens (tertiary/aromatic N) is 2. The second-order valence-corrected chi connectivity index (χ2v) is 6.89. The van der Waals surface area contributed by atoms with Gasteiger partial charge in [-0.25, -0.2) is 0 Å². The molecule has 0 spiro atoms. The van der Waals surface area contributed by atoms with Crippen LogP contribution in [0.25, 0.3) is 0 Å². The summed E-state index contributed by atoms with van der Waals surface area (Å²) in [6.07, 6.45) is -0.0834. The lowest BCUT2D eigenvalue weighted by molar-refractivity contribution is 0.0663. The first kappa shape index (κ1) is 19.4. The molecule has 0 radical (unpaired) electrons. The van der Waals surface area contributed by atoms with E-state index in [4.69, 9.17) is 4.74 Å². The lowest BCUT2D eigenvalue weighted by atomic mass is 10.1. The van der Waals surface area contributed by atoms with E-state index in [1.54, 1.807) is 12.1 Å². The van der Waals surface area contributed by atoms with Crippen LogP contribution < -0.4 is 9.64 Å². The molecule has 2 aromatic rings. The van der Waals surface area contributed by atoms with Crippen LogP contribution >= 0.6 is 0 Å². The van der Waals surface area contributed by atoms with Crippen molar-refractivity contribution < 1.29 is 14.6 Å². The number of carbonyl (C=O) groups excluding carboxylic acids is 1. The van der Waals surface area contributed by atoms with E-state index in [1.807, 2.05) is 25.1 Å². The summed E-state index contributed by atoms with van der Waals surface area (Å²) >= 11 is 0. The summed E-state index contributed by atoms with van der Waals surface area (Å²) in [7, 11) is 0. The van der Waals surface area contributed by atoms with Crippen molar-refractivity contribution in [3.63, 3.8) is 0 Å². The molecular weight excluding hydrogens is 340 g/mol. The molecule has 0 aliphatic carbocycles. The number of β-amino-alcohol motifs (C(OH)–C–C–N with tert-alkyl or cyclic N) is 1. The molecule has 5 nitrogen and oxygen atoms in total. The quantitative estimate of drug-likeness (QED) is 0.726. The molecule has 144 valence electrons. The number of piperazine rings is 1. The van der Waals surface area contributed by atoms with Gasteiger partial charge in [0, 0.05) is 50.4 Å². The van der Waals surface area contributed by atoms with Gasteiger partial charge in [-0.3, -0.25) is 9.69 Å². The number of para-hydroxylation sites is 1. The third kappa shape index (κ3) is 5.55. The summed E-state index contributed by atoms with van der Waals surface area (Å²) in [5.74, 6) is 0.722. The van der Waals surface area contributed by atoms with E-state index in [-0.39, 0.29) is 12.4 Å². The van der Waals surface area contributed by atoms with Crippen LogP contribution in [0.15, 0.2) is 54.6 Å². The zero-order chi connectivity index (χ0) is 19.1. The Labute approximate surface area is 161 Å². The third-order valence-electron chi connectivity index (χ3n) is 4.88. The minimum Gasteiger partial charge on any atom is -0.491 e. The molecule has 0 aromatic heterocycles. The highest BCUT2D eigenvalue weighted by Gasteiger charge is 2.19. The van der Waals surface area contributed by atoms with Crippen molar-refractivity contribution in [3.8, 4) is 5.75 Å². The molecule has 0 saturated carbocycles. The van der Waals surface area contributed by atoms with Gasteiger partial charge in [-0.05, 0) is 24.3 Å². The molecule has 5 heteroatoms. The normalized spacial score (nSPS) is 16.1. The number of hydrogen-bond donors (Lipinski definition) is 1. The van der Waals surface area contributed by atoms with E-state index < -0.39 is 6.10 Å². The average Bonchev–Trinajstić information content (AvgIpc) is 2.73. The van der Waals surface area contributed by atoms with Crippen LogP contribution in [-0.4, -0.2) is 61.2 Å². The van der Waals surface area contributed by atoms with Crippen LogP contribution in [0.3, 0.4) is 0 Å². The Morgan fingerprint density at radius 1 is 1.07 bits per heavy atom. The Balaban J connectivity index is 1.42. The van der Waals surface area contributed by atoms with E-state index >= 15 is 0 Å². The first-order valence-corrected chi connectivity index (χ1v) is 9.62. The zero-order valence-electron chi connectivity index (χ0n) is 15.9. The van der Waals surface area contributed by atoms with Gasteiger partial charge < -0.3 is 14.7 Å². The maximum absolute atomic E-state index is 11.8. The number of anilines is 1. The van der Waals surface area contributed by atoms with Crippen molar-refractivity contribution in [1.82, 2.24) is 4.90 Å². The zero-order valence-corrected chi connectivity index (χ0v) is 15.9. The third-order valence-corrected chi connectivity index (χ3v) is 4.88. The second kappa shape index (κ2) is 9.53. The average molecular weight is 368 g/mol. The monoisotopic (exact) mass is 368 g/mol. The van der Waals surface area contributed by atoms with E-state index in [9.17, 15) is 9.90 Å². The Morgan fingerprint density at radius 3 is 2.52 bits per heavy atom. The van der Waals surface area contributed by atoms with Crippen LogP contribution in [0.2, 0.25) is 0 Å². The summed E-state index contributed by atoms with van der Waals surface area (Å²) in [6.45, 7) is 6.42. The summed E-state index contributed by atoms with van der Waals surface area (Å²) in [6, 6.07) is 17.6. The summed E-state index contributed by atoms with van der Waals surface area (Å²) in [5, 5.41) is 10.3. The predicted octanol–water partition coefficient (Wildman–Crippen LogP) is 2.84. The number of aliphatic hydroxyl groups excluding tert-OH is 1. The fourth-order valence-electron chi connectivity index (χ4n) is 3.33. The number of hydrogen-bond acceptors (Lipinski definition) is 5. The second-order valence-electron chi connectivity index (χ2n) is 6.89. The Morgan fingerprint density at radius 2 is 1.81 bits per heavy atom. The molecule has 1 fully saturated rings. The van der Waals surface area contributed by atoms with Crippen molar-refractivity contribution in [2.24, 2.45) is 0 Å². The van der Waals surface area contributed by atoms with E-state index in [0.29, 0.717) is 24.3 Å². The molecule has 1 heterocycles. The van der Waals surface area contributed by atoms with Gasteiger partial charge in [-0.2, -0.15) is 0 Å². The molecule has 1 N–H and O–H groups in total. The molecule has 1 aliphatic rings. The number of rotatable bonds is 8. The molecule has 0 bridgehead atoms. The molecule has 27 heavy (non-hydrogen) atoms. The lowest BCUT2D eigenvalue weighted by Gasteiger charge is -2.36. The largest absolute Gasteiger partial charge is 0.491 e. The number of carbonyl (C=O) groups is 1. The number of Topliss-reactive ketones (excluding diaryl/α,β-unsaturated/α-hetero) is 1. The number of ketones is 1. The fourth-order valence-corrected chi connectivity index (χ4v) is 3.33. The van der Waals surface area contributed by atoms with Crippen molar-refractivity contribution in [2.75, 3.05) is 44.2 Å². The highest BCUT2D eigenvalue weighted by molar-refractivity contribution is 5.96. The van der Waals surface area contributed by atoms with Gasteiger partial charge in [0.1, 0.15) is 18.5 Å². The minimum absolute atomic E-state index is 0.0947. The highest BCUT2D eigenvalue weighted by atomic mass is 16.5. The van der Waals surface area contributed by atoms with Crippen molar-refractivity contribution in [1.29, 1.82) is 0 Å². The van der Waals surface area contributed by atoms with Gasteiger partial charge in [-0.15, -0.1) is 0 Å². The number of benzene rings is 2. The number of aliphatic hydroxyl groups is 1. The Kier molecular flexibility index (Phi) is 6.85. The maximum Gasteiger partial charge on any atom is 0.162 e. The van der Waals surface area contributed by atoms with Gasteiger partial charge >= 0.3 is 0 Å². The fraction of sp³-hybridized carbons (Fsp3) is 0.409. The van der Waals surface area contributed by atoms with Crippen LogP contribution in [0.4, 0.5) is 5.69 Å². The van der Waals surface area contributed by atoms with Crippen LogP contribution in [-0.2, 0) is 0 Å². The van der Waals surface area contributed by atoms with Gasteiger partial charge in [0.25, 0.3) is 0 Å². The van der Waals surface area contributed by atoms with E-state index in [1.165, 1.54) is 5.69 Å². The highest BCUT2D eigenvalue weighted by Crippen LogP contribution is 2.17. The van der Waals surface area contributed by atoms with Crippen molar-refractivity contribution in [2.45, 2.75) is 19.4 Å². The summed E-state index contributed by atoms with van der Waals surface area (Å²) < 4.78 is 5.70. The van der Waals surface area contributed by atoms with Crippen LogP contribution in [0.5, 0.6) is 5.75 Å². The SMILES string of the molecule is CCC(=O)c1cccc(OCC(O)CN2CCN(c3ccccc3)CC2)c1. The summed E-state index contributed by atoms with van der Waals surface area (Å²) in [4.78, 5) is 16.4. The topological polar surface area (TPSA) is 53.0 Å². The molecule has 1 aliphatic heterocycles. The van der Waals surface area contributed by atoms with Crippen LogP contribution in [0, 0.1) is 0 Å². The smallest absolute Gasteiger partial charge is 0.162 e. The van der Waals surface area contributed by atoms with Gasteiger partial charge in [0.15, 0.2) is 5.78 Å². The molecule has 1 saturated heterocycles. The maximum atomic E-state index is 11.8. The molecule has 0 amide bonds. The number of ether oxygens (including phenoxy) is 1. The van der Waals surface area contributed by atoms with E-state index in [0.717, 1.165) is 26.2 Å². The summed E-state index contributed by atoms with van der Waals surface area (Å²) in [5.41, 5.74) is 1.91. The van der Waals surface area contributed by atoms with Crippen LogP contribution in [0.1, 0.15) is 23.7 Å². The van der Waals surface area contributed by atoms with Gasteiger partial charge in [-0.1, -0.05) is 37.3 Å². The predicted molar refractivity (Wildman–Crippen MR) is 108 cm³/mol. The van der Waals surface area contributed by atoms with Gasteiger partial charge in [0.05, 0.1) is 0 Å². The van der Waals surface area contributed by atoms with E-state index in [2.05, 4.69) is 34.1 Å². The molecule has 1 unspecified atom stereocenters.